The van der Waals surface area contributed by atoms with Crippen LogP contribution in [0.2, 0.25) is 5.02 Å². The molecular weight excluding hydrogens is 412 g/mol. The monoisotopic (exact) mass is 428 g/mol. The first-order chi connectivity index (χ1) is 13.1. The van der Waals surface area contributed by atoms with Gasteiger partial charge in [-0.3, -0.25) is 14.9 Å². The number of benzene rings is 2. The minimum absolute atomic E-state index is 0.0705. The van der Waals surface area contributed by atoms with Crippen molar-refractivity contribution in [2.45, 2.75) is 11.3 Å². The number of hydrogen-bond acceptors (Lipinski definition) is 6. The first-order valence-corrected chi connectivity index (χ1v) is 9.79. The number of non-ortho nitro benzene ring substituents is 1. The number of nitro groups is 1. The van der Waals surface area contributed by atoms with Crippen LogP contribution in [0, 0.1) is 16.0 Å². The fraction of sp³-hybridized carbons (Fsp3) is 0.235. The van der Waals surface area contributed by atoms with Crippen molar-refractivity contribution in [1.29, 1.82) is 0 Å². The van der Waals surface area contributed by atoms with Crippen LogP contribution in [0.4, 0.5) is 5.69 Å². The third kappa shape index (κ3) is 5.41. The molecule has 0 amide bonds. The van der Waals surface area contributed by atoms with E-state index in [-0.39, 0.29) is 12.2 Å². The van der Waals surface area contributed by atoms with E-state index >= 15 is 0 Å². The topological polar surface area (TPSA) is 136 Å². The van der Waals surface area contributed by atoms with Crippen LogP contribution in [-0.4, -0.2) is 38.1 Å². The van der Waals surface area contributed by atoms with Gasteiger partial charge in [-0.05, 0) is 30.2 Å². The van der Waals surface area contributed by atoms with Crippen molar-refractivity contribution >= 4 is 33.3 Å². The molecule has 2 aromatic carbocycles. The van der Waals surface area contributed by atoms with Gasteiger partial charge in [-0.25, -0.2) is 13.1 Å². The van der Waals surface area contributed by atoms with Crippen LogP contribution in [0.15, 0.2) is 47.4 Å². The Morgan fingerprint density at radius 3 is 2.46 bits per heavy atom. The van der Waals surface area contributed by atoms with E-state index in [1.807, 2.05) is 0 Å². The zero-order chi connectivity index (χ0) is 20.9. The minimum atomic E-state index is -4.25. The Kier molecular flexibility index (Phi) is 6.95. The van der Waals surface area contributed by atoms with E-state index in [0.717, 1.165) is 18.2 Å². The molecule has 28 heavy (non-hydrogen) atoms. The first kappa shape index (κ1) is 21.6. The van der Waals surface area contributed by atoms with Crippen molar-refractivity contribution in [2.75, 3.05) is 13.7 Å². The first-order valence-electron chi connectivity index (χ1n) is 7.93. The highest BCUT2D eigenvalue weighted by Crippen LogP contribution is 2.28. The quantitative estimate of drug-likeness (QED) is 0.462. The van der Waals surface area contributed by atoms with E-state index in [1.54, 1.807) is 24.3 Å². The van der Waals surface area contributed by atoms with Crippen molar-refractivity contribution in [3.05, 3.63) is 63.2 Å². The van der Waals surface area contributed by atoms with E-state index < -0.39 is 44.0 Å². The maximum Gasteiger partial charge on any atom is 0.308 e. The lowest BCUT2D eigenvalue weighted by atomic mass is 10.00. The van der Waals surface area contributed by atoms with Crippen LogP contribution in [0.3, 0.4) is 0 Å². The Bertz CT molecular complexity index is 978. The predicted molar refractivity (Wildman–Crippen MR) is 101 cm³/mol. The van der Waals surface area contributed by atoms with Crippen LogP contribution in [-0.2, 0) is 21.2 Å². The van der Waals surface area contributed by atoms with Crippen LogP contribution >= 0.6 is 11.6 Å². The molecule has 0 fully saturated rings. The molecule has 0 saturated heterocycles. The molecule has 0 spiro atoms. The van der Waals surface area contributed by atoms with Crippen LogP contribution < -0.4 is 9.46 Å². The van der Waals surface area contributed by atoms with Crippen molar-refractivity contribution in [3.63, 3.8) is 0 Å². The number of aliphatic carboxylic acids is 1. The maximum atomic E-state index is 12.6. The maximum absolute atomic E-state index is 12.6. The molecule has 150 valence electrons. The molecule has 2 rings (SSSR count). The van der Waals surface area contributed by atoms with Crippen LogP contribution in [0.5, 0.6) is 5.75 Å². The number of halogens is 1. The van der Waals surface area contributed by atoms with Gasteiger partial charge in [-0.1, -0.05) is 23.7 Å². The molecule has 0 aromatic heterocycles. The summed E-state index contributed by atoms with van der Waals surface area (Å²) in [7, 11) is -3.03. The van der Waals surface area contributed by atoms with Gasteiger partial charge in [0.15, 0.2) is 0 Å². The molecule has 0 aliphatic rings. The second-order valence-corrected chi connectivity index (χ2v) is 7.98. The zero-order valence-electron chi connectivity index (χ0n) is 14.7. The molecule has 0 heterocycles. The highest BCUT2D eigenvalue weighted by atomic mass is 35.5. The van der Waals surface area contributed by atoms with E-state index in [0.29, 0.717) is 10.6 Å². The summed E-state index contributed by atoms with van der Waals surface area (Å²) in [5.41, 5.74) is 0.237. The third-order valence-corrected chi connectivity index (χ3v) is 5.61. The van der Waals surface area contributed by atoms with Crippen molar-refractivity contribution in [3.8, 4) is 5.75 Å². The van der Waals surface area contributed by atoms with E-state index in [2.05, 4.69) is 4.72 Å². The Balaban J connectivity index is 2.22. The highest BCUT2D eigenvalue weighted by molar-refractivity contribution is 7.89. The summed E-state index contributed by atoms with van der Waals surface area (Å²) in [6.45, 7) is -0.411. The van der Waals surface area contributed by atoms with Crippen molar-refractivity contribution in [2.24, 2.45) is 5.92 Å². The van der Waals surface area contributed by atoms with Gasteiger partial charge in [-0.15, -0.1) is 0 Å². The summed E-state index contributed by atoms with van der Waals surface area (Å²) in [4.78, 5) is 21.3. The zero-order valence-corrected chi connectivity index (χ0v) is 16.2. The fourth-order valence-corrected chi connectivity index (χ4v) is 3.82. The lowest BCUT2D eigenvalue weighted by molar-refractivity contribution is -0.385. The molecule has 1 atom stereocenters. The van der Waals surface area contributed by atoms with Gasteiger partial charge in [-0.2, -0.15) is 0 Å². The van der Waals surface area contributed by atoms with E-state index in [1.165, 1.54) is 7.11 Å². The van der Waals surface area contributed by atoms with Crippen LogP contribution in [0.1, 0.15) is 5.56 Å². The molecule has 2 N–H and O–H groups in total. The number of carboxylic acids is 1. The Labute approximate surface area is 166 Å². The molecule has 0 radical (unpaired) electrons. The SMILES string of the molecule is COc1ccc([N+](=O)[O-])cc1S(=O)(=O)NCC(Cc1ccc(Cl)cc1)C(=O)O. The highest BCUT2D eigenvalue weighted by Gasteiger charge is 2.26. The van der Waals surface area contributed by atoms with Crippen LogP contribution in [0.25, 0.3) is 0 Å². The van der Waals surface area contributed by atoms with Gasteiger partial charge in [0.25, 0.3) is 5.69 Å². The van der Waals surface area contributed by atoms with Gasteiger partial charge in [0, 0.05) is 23.7 Å². The van der Waals surface area contributed by atoms with E-state index in [9.17, 15) is 28.4 Å². The van der Waals surface area contributed by atoms with Gasteiger partial charge in [0.05, 0.1) is 18.0 Å². The molecule has 0 bridgehead atoms. The lowest BCUT2D eigenvalue weighted by Gasteiger charge is -2.15. The second-order valence-electron chi connectivity index (χ2n) is 5.81. The number of hydrogen-bond donors (Lipinski definition) is 2. The Morgan fingerprint density at radius 2 is 1.93 bits per heavy atom. The van der Waals surface area contributed by atoms with Gasteiger partial charge in [0.2, 0.25) is 10.0 Å². The number of carbonyl (C=O) groups is 1. The number of rotatable bonds is 9. The molecule has 2 aromatic rings. The number of nitrogens with one attached hydrogen (secondary N) is 1. The van der Waals surface area contributed by atoms with E-state index in [4.69, 9.17) is 16.3 Å². The smallest absolute Gasteiger partial charge is 0.308 e. The number of carboxylic acid groups (broad SMARTS) is 1. The average molecular weight is 429 g/mol. The summed E-state index contributed by atoms with van der Waals surface area (Å²) >= 11 is 5.80. The predicted octanol–water partition coefficient (Wildman–Crippen LogP) is 2.48. The minimum Gasteiger partial charge on any atom is -0.495 e. The molecule has 11 heteroatoms. The number of nitrogens with zero attached hydrogens (tertiary/aromatic N) is 1. The second kappa shape index (κ2) is 9.00. The molecule has 0 aliphatic carbocycles. The summed E-state index contributed by atoms with van der Waals surface area (Å²) in [6.07, 6.45) is 0.0705. The molecule has 1 unspecified atom stereocenters. The Hall–Kier alpha value is -2.69. The lowest BCUT2D eigenvalue weighted by Crippen LogP contribution is -2.34. The standard InChI is InChI=1S/C17H17ClN2O7S/c1-27-15-7-6-14(20(23)24)9-16(15)28(25,26)19-10-12(17(21)22)8-11-2-4-13(18)5-3-11/h2-7,9,12,19H,8,10H2,1H3,(H,21,22). The third-order valence-electron chi connectivity index (χ3n) is 3.91. The van der Waals surface area contributed by atoms with Gasteiger partial charge >= 0.3 is 5.97 Å². The largest absolute Gasteiger partial charge is 0.495 e. The summed E-state index contributed by atoms with van der Waals surface area (Å²) in [5, 5.41) is 20.8. The molecule has 9 nitrogen and oxygen atoms in total. The van der Waals surface area contributed by atoms with Gasteiger partial charge < -0.3 is 9.84 Å². The molecular formula is C17H17ClN2O7S. The van der Waals surface area contributed by atoms with Crippen molar-refractivity contribution in [1.82, 2.24) is 4.72 Å². The molecule has 0 saturated carbocycles. The number of sulfonamides is 1. The summed E-state index contributed by atoms with van der Waals surface area (Å²) in [5.74, 6) is -2.34. The summed E-state index contributed by atoms with van der Waals surface area (Å²) < 4.78 is 32.3. The summed E-state index contributed by atoms with van der Waals surface area (Å²) in [6, 6.07) is 9.64. The average Bonchev–Trinajstić information content (AvgIpc) is 2.65. The molecule has 0 aliphatic heterocycles. The fourth-order valence-electron chi connectivity index (χ4n) is 2.43. The Morgan fingerprint density at radius 1 is 1.29 bits per heavy atom. The number of ether oxygens (including phenoxy) is 1. The van der Waals surface area contributed by atoms with Crippen molar-refractivity contribution < 1.29 is 28.0 Å². The van der Waals surface area contributed by atoms with Gasteiger partial charge in [0.1, 0.15) is 10.6 Å². The number of methoxy groups -OCH3 is 1. The normalized spacial score (nSPS) is 12.4. The number of nitro benzene ring substituents is 1.